The average Bonchev–Trinajstić information content (AvgIpc) is 1.69. The summed E-state index contributed by atoms with van der Waals surface area (Å²) in [5.41, 5.74) is 11.0. The fraction of sp³-hybridized carbons (Fsp3) is 0.750. The van der Waals surface area contributed by atoms with E-state index in [1.54, 1.807) is 6.92 Å². The molecule has 0 aliphatic carbocycles. The Morgan fingerprint density at radius 2 is 1.75 bits per heavy atom. The number of carbonyl (C=O) groups is 1. The lowest BCUT2D eigenvalue weighted by atomic mass is 10.4. The van der Waals surface area contributed by atoms with E-state index in [4.69, 9.17) is 11.1 Å². The Morgan fingerprint density at radius 1 is 1.62 bits per heavy atom. The highest BCUT2D eigenvalue weighted by molar-refractivity contribution is 5.74. The molecule has 0 heterocycles. The number of carbonyl (C=O) groups excluding carboxylic acids is 1. The molecule has 0 spiro atoms. The van der Waals surface area contributed by atoms with Crippen molar-refractivity contribution >= 4 is 5.78 Å². The predicted molar refractivity (Wildman–Crippen MR) is 28.5 cm³/mol. The maximum absolute atomic E-state index is 9.81. The third kappa shape index (κ3) is 82.1. The van der Waals surface area contributed by atoms with E-state index in [2.05, 4.69) is 0 Å². The van der Waals surface area contributed by atoms with Gasteiger partial charge in [0.1, 0.15) is 16.8 Å². The van der Waals surface area contributed by atoms with E-state index in [1.165, 1.54) is 0 Å². The molecule has 8 heavy (non-hydrogen) atoms. The molecule has 2 N–H and O–H groups in total. The van der Waals surface area contributed by atoms with Crippen LogP contribution in [0.15, 0.2) is 0 Å². The van der Waals surface area contributed by atoms with Crippen LogP contribution >= 0.6 is 0 Å². The highest BCUT2D eigenvalue weighted by Gasteiger charge is 1.76. The molecule has 0 aromatic heterocycles. The molecule has 0 saturated heterocycles. The van der Waals surface area contributed by atoms with Crippen LogP contribution < -0.4 is 4.91 Å². The minimum atomic E-state index is 0.255. The van der Waals surface area contributed by atoms with Gasteiger partial charge in [0.15, 0.2) is 0 Å². The number of nitrogens with zero attached hydrogens (tertiary/aromatic N) is 1. The standard InChI is InChI=1S/C4H8O.H2N3/c1-3-4(2)5;1-3-2/h3H2,1-2H3;1-2H/q;+1. The Balaban J connectivity index is 0. The molecule has 0 aromatic rings. The van der Waals surface area contributed by atoms with E-state index < -0.39 is 0 Å². The van der Waals surface area contributed by atoms with Crippen molar-refractivity contribution in [3.05, 3.63) is 0 Å². The van der Waals surface area contributed by atoms with Crippen LogP contribution in [0.3, 0.4) is 0 Å². The maximum atomic E-state index is 9.81. The maximum Gasteiger partial charge on any atom is 0.211 e. The van der Waals surface area contributed by atoms with Crippen molar-refractivity contribution in [2.75, 3.05) is 0 Å². The monoisotopic (exact) mass is 116 g/mol. The van der Waals surface area contributed by atoms with E-state index in [-0.39, 0.29) is 5.78 Å². The quantitative estimate of drug-likeness (QED) is 0.390. The zero-order valence-corrected chi connectivity index (χ0v) is 5.06. The number of hydrogen-bond donors (Lipinski definition) is 2. The van der Waals surface area contributed by atoms with Gasteiger partial charge in [-0.2, -0.15) is 0 Å². The summed E-state index contributed by atoms with van der Waals surface area (Å²) in [5.74, 6) is 0.255. The molecule has 0 aromatic carbocycles. The van der Waals surface area contributed by atoms with Crippen LogP contribution in [0.4, 0.5) is 0 Å². The van der Waals surface area contributed by atoms with Crippen molar-refractivity contribution in [2.24, 2.45) is 0 Å². The van der Waals surface area contributed by atoms with E-state index in [0.717, 1.165) is 0 Å². The first-order chi connectivity index (χ1) is 3.68. The number of ketones is 1. The zero-order chi connectivity index (χ0) is 6.99. The summed E-state index contributed by atoms with van der Waals surface area (Å²) in [5, 5.41) is 0. The van der Waals surface area contributed by atoms with Crippen LogP contribution in [0.1, 0.15) is 20.3 Å². The molecule has 0 rings (SSSR count). The lowest BCUT2D eigenvalue weighted by Crippen LogP contribution is -1.80. The van der Waals surface area contributed by atoms with E-state index >= 15 is 0 Å². The average molecular weight is 116 g/mol. The topological polar surface area (TPSA) is 78.9 Å². The summed E-state index contributed by atoms with van der Waals surface area (Å²) < 4.78 is 0. The molecular formula is C4H10N3O+. The van der Waals surface area contributed by atoms with Crippen LogP contribution in [0, 0.1) is 11.1 Å². The van der Waals surface area contributed by atoms with Crippen LogP contribution in [0.5, 0.6) is 0 Å². The van der Waals surface area contributed by atoms with Gasteiger partial charge in [-0.3, -0.25) is 0 Å². The highest BCUT2D eigenvalue weighted by Crippen LogP contribution is 1.71. The van der Waals surface area contributed by atoms with Gasteiger partial charge in [0.05, 0.1) is 0 Å². The number of rotatable bonds is 1. The van der Waals surface area contributed by atoms with Gasteiger partial charge in [-0.1, -0.05) is 6.92 Å². The van der Waals surface area contributed by atoms with E-state index in [1.807, 2.05) is 11.8 Å². The Hall–Kier alpha value is -1.02. The summed E-state index contributed by atoms with van der Waals surface area (Å²) in [6, 6.07) is 0. The van der Waals surface area contributed by atoms with Gasteiger partial charge in [-0.05, 0) is 6.92 Å². The van der Waals surface area contributed by atoms with Crippen molar-refractivity contribution in [2.45, 2.75) is 20.3 Å². The van der Waals surface area contributed by atoms with Gasteiger partial charge < -0.3 is 4.79 Å². The third-order valence-corrected chi connectivity index (χ3v) is 0.498. The summed E-state index contributed by atoms with van der Waals surface area (Å²) in [7, 11) is 0. The fourth-order valence-electron chi connectivity index (χ4n) is 0. The number of Topliss-reactive ketones (excluding diaryl/α,β-unsaturated/α-hetero) is 1. The van der Waals surface area contributed by atoms with Crippen molar-refractivity contribution in [3.8, 4) is 0 Å². The molecule has 0 fully saturated rings. The Labute approximate surface area is 47.9 Å². The Morgan fingerprint density at radius 3 is 1.75 bits per heavy atom. The van der Waals surface area contributed by atoms with Gasteiger partial charge in [0.2, 0.25) is 4.91 Å². The molecule has 0 amide bonds. The molecule has 0 radical (unpaired) electrons. The molecule has 0 aliphatic heterocycles. The third-order valence-electron chi connectivity index (χ3n) is 0.498. The summed E-state index contributed by atoms with van der Waals surface area (Å²) in [6.07, 6.45) is 0.667. The zero-order valence-electron chi connectivity index (χ0n) is 5.06. The lowest BCUT2D eigenvalue weighted by Gasteiger charge is -1.71. The predicted octanol–water partition coefficient (Wildman–Crippen LogP) is 1.10. The van der Waals surface area contributed by atoms with Gasteiger partial charge >= 0.3 is 0 Å². The molecule has 0 aliphatic rings. The molecule has 4 heteroatoms. The fourth-order valence-corrected chi connectivity index (χ4v) is 0. The SMILES string of the molecule is CCC(C)=O.N=[N+]=N. The molecule has 0 unspecified atom stereocenters. The molecular weight excluding hydrogens is 106 g/mol. The summed E-state index contributed by atoms with van der Waals surface area (Å²) in [4.78, 5) is 11.8. The minimum absolute atomic E-state index is 0.255. The molecule has 0 atom stereocenters. The van der Waals surface area contributed by atoms with Gasteiger partial charge in [-0.25, -0.2) is 0 Å². The molecule has 0 saturated carbocycles. The number of hydrogen-bond acceptors (Lipinski definition) is 3. The van der Waals surface area contributed by atoms with Crippen LogP contribution in [0.2, 0.25) is 0 Å². The lowest BCUT2D eigenvalue weighted by molar-refractivity contribution is -0.116. The second-order valence-electron chi connectivity index (χ2n) is 1.17. The summed E-state index contributed by atoms with van der Waals surface area (Å²) >= 11 is 0. The summed E-state index contributed by atoms with van der Waals surface area (Å²) in [6.45, 7) is 3.43. The first kappa shape index (κ1) is 10.1. The second-order valence-corrected chi connectivity index (χ2v) is 1.17. The highest BCUT2D eigenvalue weighted by atomic mass is 16.1. The molecule has 0 bridgehead atoms. The van der Waals surface area contributed by atoms with Crippen molar-refractivity contribution in [1.82, 2.24) is 4.91 Å². The van der Waals surface area contributed by atoms with E-state index in [9.17, 15) is 4.79 Å². The smallest absolute Gasteiger partial charge is 0.211 e. The van der Waals surface area contributed by atoms with Crippen LogP contribution in [-0.4, -0.2) is 5.78 Å². The Bertz CT molecular complexity index is 93.5. The molecule has 46 valence electrons. The molecule has 4 nitrogen and oxygen atoms in total. The first-order valence-corrected chi connectivity index (χ1v) is 2.21. The first-order valence-electron chi connectivity index (χ1n) is 2.21. The van der Waals surface area contributed by atoms with Gasteiger partial charge in [0, 0.05) is 6.42 Å². The van der Waals surface area contributed by atoms with Gasteiger partial charge in [0.25, 0.3) is 0 Å². The van der Waals surface area contributed by atoms with Crippen molar-refractivity contribution in [3.63, 3.8) is 0 Å². The van der Waals surface area contributed by atoms with Crippen molar-refractivity contribution < 1.29 is 4.79 Å². The largest absolute Gasteiger partial charge is 0.300 e. The van der Waals surface area contributed by atoms with Gasteiger partial charge in [-0.15, -0.1) is 0 Å². The Kier molecular flexibility index (Phi) is 11.8. The number of nitrogens with one attached hydrogen (secondary N) is 2. The second kappa shape index (κ2) is 9.36. The minimum Gasteiger partial charge on any atom is -0.300 e. The van der Waals surface area contributed by atoms with Crippen LogP contribution in [-0.2, 0) is 4.79 Å². The van der Waals surface area contributed by atoms with Crippen molar-refractivity contribution in [1.29, 1.82) is 11.1 Å². The normalized spacial score (nSPS) is 5.75. The van der Waals surface area contributed by atoms with E-state index in [0.29, 0.717) is 6.42 Å². The van der Waals surface area contributed by atoms with Crippen LogP contribution in [0.25, 0.3) is 0 Å².